The van der Waals surface area contributed by atoms with Crippen LogP contribution in [-0.2, 0) is 17.9 Å². The maximum atomic E-state index is 11.6. The standard InChI is InChI=1S/C20H30N6O2.HI/c1-4-21-20(22-10-6-12-26-13-7-11-24-26)23-15-17-8-5-9-18(14-17)28-16-19(27)25(2)3;/h5,7-9,11,13-14H,4,6,10,12,15-16H2,1-3H3,(H2,21,22,23);1H. The van der Waals surface area contributed by atoms with E-state index in [0.29, 0.717) is 12.3 Å². The molecule has 0 aliphatic heterocycles. The topological polar surface area (TPSA) is 83.8 Å². The highest BCUT2D eigenvalue weighted by Crippen LogP contribution is 2.14. The molecule has 9 heteroatoms. The second-order valence-corrected chi connectivity index (χ2v) is 6.47. The highest BCUT2D eigenvalue weighted by atomic mass is 127. The number of ether oxygens (including phenoxy) is 1. The predicted molar refractivity (Wildman–Crippen MR) is 126 cm³/mol. The van der Waals surface area contributed by atoms with Gasteiger partial charge in [0.2, 0.25) is 0 Å². The molecule has 0 spiro atoms. The lowest BCUT2D eigenvalue weighted by atomic mass is 10.2. The first kappa shape index (κ1) is 24.7. The van der Waals surface area contributed by atoms with Gasteiger partial charge in [-0.3, -0.25) is 9.48 Å². The molecule has 2 N–H and O–H groups in total. The number of halogens is 1. The van der Waals surface area contributed by atoms with Gasteiger partial charge in [0, 0.05) is 46.1 Å². The molecule has 1 aromatic carbocycles. The van der Waals surface area contributed by atoms with Gasteiger partial charge in [0.05, 0.1) is 6.54 Å². The summed E-state index contributed by atoms with van der Waals surface area (Å²) >= 11 is 0. The van der Waals surface area contributed by atoms with Crippen molar-refractivity contribution in [1.29, 1.82) is 0 Å². The quantitative estimate of drug-likeness (QED) is 0.220. The van der Waals surface area contributed by atoms with Crippen molar-refractivity contribution in [2.24, 2.45) is 4.99 Å². The van der Waals surface area contributed by atoms with Crippen molar-refractivity contribution in [3.05, 3.63) is 48.3 Å². The zero-order valence-electron chi connectivity index (χ0n) is 17.3. The Morgan fingerprint density at radius 1 is 1.28 bits per heavy atom. The summed E-state index contributed by atoms with van der Waals surface area (Å²) in [6.07, 6.45) is 4.70. The normalized spacial score (nSPS) is 10.8. The molecule has 29 heavy (non-hydrogen) atoms. The van der Waals surface area contributed by atoms with Crippen molar-refractivity contribution in [3.63, 3.8) is 0 Å². The summed E-state index contributed by atoms with van der Waals surface area (Å²) < 4.78 is 7.47. The van der Waals surface area contributed by atoms with Gasteiger partial charge in [-0.15, -0.1) is 24.0 Å². The molecule has 2 aromatic rings. The fourth-order valence-electron chi connectivity index (χ4n) is 2.40. The van der Waals surface area contributed by atoms with E-state index in [-0.39, 0.29) is 36.5 Å². The number of benzene rings is 1. The van der Waals surface area contributed by atoms with E-state index in [1.165, 1.54) is 4.90 Å². The van der Waals surface area contributed by atoms with Crippen LogP contribution in [0.2, 0.25) is 0 Å². The number of rotatable bonds is 10. The lowest BCUT2D eigenvalue weighted by Gasteiger charge is -2.12. The highest BCUT2D eigenvalue weighted by molar-refractivity contribution is 14.0. The van der Waals surface area contributed by atoms with E-state index in [4.69, 9.17) is 4.74 Å². The fourth-order valence-corrected chi connectivity index (χ4v) is 2.40. The Bertz CT molecular complexity index is 749. The number of likely N-dealkylation sites (N-methyl/N-ethyl adjacent to an activating group) is 1. The predicted octanol–water partition coefficient (Wildman–Crippen LogP) is 2.11. The van der Waals surface area contributed by atoms with E-state index < -0.39 is 0 Å². The minimum Gasteiger partial charge on any atom is -0.484 e. The number of carbonyl (C=O) groups excluding carboxylic acids is 1. The minimum absolute atomic E-state index is 0. The molecule has 0 saturated heterocycles. The summed E-state index contributed by atoms with van der Waals surface area (Å²) in [7, 11) is 3.42. The largest absolute Gasteiger partial charge is 0.484 e. The summed E-state index contributed by atoms with van der Waals surface area (Å²) in [5.41, 5.74) is 1.02. The third-order valence-electron chi connectivity index (χ3n) is 3.94. The molecule has 0 aliphatic carbocycles. The maximum absolute atomic E-state index is 11.6. The number of hydrogen-bond acceptors (Lipinski definition) is 4. The molecule has 8 nitrogen and oxygen atoms in total. The number of hydrogen-bond donors (Lipinski definition) is 2. The highest BCUT2D eigenvalue weighted by Gasteiger charge is 2.05. The van der Waals surface area contributed by atoms with Crippen molar-refractivity contribution >= 4 is 35.8 Å². The Labute approximate surface area is 189 Å². The Hall–Kier alpha value is -2.30. The first-order chi connectivity index (χ1) is 13.6. The van der Waals surface area contributed by atoms with Crippen LogP contribution >= 0.6 is 24.0 Å². The van der Waals surface area contributed by atoms with Crippen LogP contribution in [0.25, 0.3) is 0 Å². The van der Waals surface area contributed by atoms with Gasteiger partial charge >= 0.3 is 0 Å². The molecule has 1 aromatic heterocycles. The van der Waals surface area contributed by atoms with Crippen LogP contribution in [-0.4, -0.2) is 60.3 Å². The number of carbonyl (C=O) groups is 1. The summed E-state index contributed by atoms with van der Waals surface area (Å²) in [6.45, 7) is 5.05. The number of amides is 1. The van der Waals surface area contributed by atoms with Gasteiger partial charge in [-0.1, -0.05) is 12.1 Å². The van der Waals surface area contributed by atoms with Gasteiger partial charge in [0.15, 0.2) is 12.6 Å². The molecule has 0 unspecified atom stereocenters. The van der Waals surface area contributed by atoms with Crippen molar-refractivity contribution < 1.29 is 9.53 Å². The van der Waals surface area contributed by atoms with Gasteiger partial charge in [0.1, 0.15) is 5.75 Å². The summed E-state index contributed by atoms with van der Waals surface area (Å²) in [6, 6.07) is 9.58. The monoisotopic (exact) mass is 514 g/mol. The molecule has 0 bridgehead atoms. The van der Waals surface area contributed by atoms with E-state index in [1.54, 1.807) is 20.3 Å². The second-order valence-electron chi connectivity index (χ2n) is 6.47. The Morgan fingerprint density at radius 3 is 2.79 bits per heavy atom. The molecular weight excluding hydrogens is 483 g/mol. The molecule has 1 heterocycles. The minimum atomic E-state index is -0.0721. The van der Waals surface area contributed by atoms with Crippen LogP contribution in [0, 0.1) is 0 Å². The van der Waals surface area contributed by atoms with Crippen LogP contribution in [0.5, 0.6) is 5.75 Å². The van der Waals surface area contributed by atoms with Crippen molar-refractivity contribution in [2.45, 2.75) is 26.4 Å². The number of aromatic nitrogens is 2. The van der Waals surface area contributed by atoms with Gasteiger partial charge in [-0.2, -0.15) is 5.10 Å². The maximum Gasteiger partial charge on any atom is 0.259 e. The molecule has 2 rings (SSSR count). The van der Waals surface area contributed by atoms with Crippen molar-refractivity contribution in [1.82, 2.24) is 25.3 Å². The number of nitrogens with one attached hydrogen (secondary N) is 2. The molecule has 1 amide bonds. The van der Waals surface area contributed by atoms with Gasteiger partial charge < -0.3 is 20.3 Å². The summed E-state index contributed by atoms with van der Waals surface area (Å²) in [5.74, 6) is 1.37. The number of aryl methyl sites for hydroxylation is 1. The fraction of sp³-hybridized carbons (Fsp3) is 0.450. The molecule has 0 fully saturated rings. The second kappa shape index (κ2) is 13.8. The molecule has 0 radical (unpaired) electrons. The average molecular weight is 514 g/mol. The van der Waals surface area contributed by atoms with Gasteiger partial charge in [-0.05, 0) is 37.1 Å². The Balaban J connectivity index is 0.00000420. The number of nitrogens with zero attached hydrogens (tertiary/aromatic N) is 4. The number of aliphatic imine (C=N–C) groups is 1. The third-order valence-corrected chi connectivity index (χ3v) is 3.94. The van der Waals surface area contributed by atoms with Crippen molar-refractivity contribution in [3.8, 4) is 5.75 Å². The zero-order valence-corrected chi connectivity index (χ0v) is 19.6. The van der Waals surface area contributed by atoms with Gasteiger partial charge in [0.25, 0.3) is 5.91 Å². The Kier molecular flexibility index (Phi) is 11.8. The first-order valence-corrected chi connectivity index (χ1v) is 9.50. The van der Waals surface area contributed by atoms with Gasteiger partial charge in [-0.25, -0.2) is 4.99 Å². The van der Waals surface area contributed by atoms with Crippen LogP contribution in [0.3, 0.4) is 0 Å². The van der Waals surface area contributed by atoms with Crippen LogP contribution < -0.4 is 15.4 Å². The van der Waals surface area contributed by atoms with E-state index in [9.17, 15) is 4.79 Å². The van der Waals surface area contributed by atoms with Crippen molar-refractivity contribution in [2.75, 3.05) is 33.8 Å². The van der Waals surface area contributed by atoms with E-state index in [2.05, 4.69) is 20.7 Å². The average Bonchev–Trinajstić information content (AvgIpc) is 3.21. The Morgan fingerprint density at radius 2 is 2.10 bits per heavy atom. The van der Waals surface area contributed by atoms with Crippen LogP contribution in [0.15, 0.2) is 47.7 Å². The van der Waals surface area contributed by atoms with E-state index >= 15 is 0 Å². The summed E-state index contributed by atoms with van der Waals surface area (Å²) in [5, 5.41) is 10.8. The SMILES string of the molecule is CCNC(=NCc1cccc(OCC(=O)N(C)C)c1)NCCCn1cccn1.I. The van der Waals surface area contributed by atoms with E-state index in [0.717, 1.165) is 37.6 Å². The zero-order chi connectivity index (χ0) is 20.2. The lowest BCUT2D eigenvalue weighted by Crippen LogP contribution is -2.38. The number of guanidine groups is 1. The molecule has 160 valence electrons. The third kappa shape index (κ3) is 9.64. The molecule has 0 aliphatic rings. The summed E-state index contributed by atoms with van der Waals surface area (Å²) in [4.78, 5) is 17.8. The molecule has 0 atom stereocenters. The van der Waals surface area contributed by atoms with Crippen LogP contribution in [0.1, 0.15) is 18.9 Å². The lowest BCUT2D eigenvalue weighted by molar-refractivity contribution is -0.130. The smallest absolute Gasteiger partial charge is 0.259 e. The molecule has 0 saturated carbocycles. The molecular formula is C20H31IN6O2. The van der Waals surface area contributed by atoms with E-state index in [1.807, 2.05) is 48.1 Å². The van der Waals surface area contributed by atoms with Crippen LogP contribution in [0.4, 0.5) is 0 Å². The first-order valence-electron chi connectivity index (χ1n) is 9.50.